The summed E-state index contributed by atoms with van der Waals surface area (Å²) >= 11 is 8.94. The zero-order valence-electron chi connectivity index (χ0n) is 10.0. The Morgan fingerprint density at radius 2 is 1.75 bits per heavy atom. The van der Waals surface area contributed by atoms with Crippen LogP contribution in [0.3, 0.4) is 0 Å². The van der Waals surface area contributed by atoms with E-state index in [1.165, 1.54) is 18.2 Å². The standard InChI is InChI=1S/C14H9BrClF3O/c15-11-7-9(8-16)5-6-13(11)20-12-4-2-1-3-10(12)14(17,18)19/h1-7H,8H2. The van der Waals surface area contributed by atoms with Crippen molar-refractivity contribution in [2.24, 2.45) is 0 Å². The average Bonchev–Trinajstić information content (AvgIpc) is 2.40. The largest absolute Gasteiger partial charge is 0.456 e. The summed E-state index contributed by atoms with van der Waals surface area (Å²) in [5, 5.41) is 0. The van der Waals surface area contributed by atoms with Crippen LogP contribution in [0.5, 0.6) is 11.5 Å². The van der Waals surface area contributed by atoms with Gasteiger partial charge in [0.15, 0.2) is 0 Å². The minimum absolute atomic E-state index is 0.237. The monoisotopic (exact) mass is 364 g/mol. The Kier molecular flexibility index (Phi) is 4.60. The lowest BCUT2D eigenvalue weighted by Crippen LogP contribution is -2.06. The maximum Gasteiger partial charge on any atom is 0.419 e. The van der Waals surface area contributed by atoms with E-state index in [-0.39, 0.29) is 5.75 Å². The van der Waals surface area contributed by atoms with Gasteiger partial charge in [0.1, 0.15) is 11.5 Å². The molecule has 0 radical (unpaired) electrons. The highest BCUT2D eigenvalue weighted by atomic mass is 79.9. The lowest BCUT2D eigenvalue weighted by molar-refractivity contribution is -0.138. The number of para-hydroxylation sites is 1. The molecule has 0 aliphatic carbocycles. The van der Waals surface area contributed by atoms with Gasteiger partial charge in [-0.1, -0.05) is 18.2 Å². The van der Waals surface area contributed by atoms with Crippen LogP contribution in [-0.4, -0.2) is 0 Å². The number of hydrogen-bond donors (Lipinski definition) is 0. The molecule has 0 unspecified atom stereocenters. The van der Waals surface area contributed by atoms with Gasteiger partial charge in [-0.05, 0) is 45.8 Å². The number of rotatable bonds is 3. The van der Waals surface area contributed by atoms with Crippen LogP contribution in [0, 0.1) is 0 Å². The fourth-order valence-electron chi connectivity index (χ4n) is 1.62. The Balaban J connectivity index is 2.36. The maximum atomic E-state index is 12.9. The summed E-state index contributed by atoms with van der Waals surface area (Å²) in [5.74, 6) is 0.382. The van der Waals surface area contributed by atoms with E-state index in [9.17, 15) is 13.2 Å². The van der Waals surface area contributed by atoms with E-state index in [1.54, 1.807) is 18.2 Å². The van der Waals surface area contributed by atoms with Crippen molar-refractivity contribution in [3.8, 4) is 11.5 Å². The molecule has 2 rings (SSSR count). The highest BCUT2D eigenvalue weighted by molar-refractivity contribution is 9.10. The van der Waals surface area contributed by atoms with Gasteiger partial charge in [0.2, 0.25) is 0 Å². The topological polar surface area (TPSA) is 9.23 Å². The molecule has 0 aliphatic rings. The Morgan fingerprint density at radius 3 is 2.35 bits per heavy atom. The summed E-state index contributed by atoms with van der Waals surface area (Å²) in [6, 6.07) is 10.1. The molecule has 2 aromatic rings. The van der Waals surface area contributed by atoms with E-state index >= 15 is 0 Å². The molecular weight excluding hydrogens is 357 g/mol. The summed E-state index contributed by atoms with van der Waals surface area (Å²) in [7, 11) is 0. The van der Waals surface area contributed by atoms with Crippen LogP contribution >= 0.6 is 27.5 Å². The van der Waals surface area contributed by atoms with E-state index in [0.717, 1.165) is 11.6 Å². The van der Waals surface area contributed by atoms with E-state index in [1.807, 2.05) is 0 Å². The third-order valence-corrected chi connectivity index (χ3v) is 3.49. The smallest absolute Gasteiger partial charge is 0.419 e. The summed E-state index contributed by atoms with van der Waals surface area (Å²) in [5.41, 5.74) is 0.0309. The second kappa shape index (κ2) is 6.06. The Morgan fingerprint density at radius 1 is 1.05 bits per heavy atom. The number of alkyl halides is 4. The molecule has 0 saturated carbocycles. The van der Waals surface area contributed by atoms with Crippen molar-refractivity contribution < 1.29 is 17.9 Å². The quantitative estimate of drug-likeness (QED) is 0.606. The van der Waals surface area contributed by atoms with Crippen molar-refractivity contribution in [2.75, 3.05) is 0 Å². The number of hydrogen-bond acceptors (Lipinski definition) is 1. The third kappa shape index (κ3) is 3.46. The third-order valence-electron chi connectivity index (χ3n) is 2.56. The minimum Gasteiger partial charge on any atom is -0.456 e. The zero-order chi connectivity index (χ0) is 14.8. The van der Waals surface area contributed by atoms with E-state index in [0.29, 0.717) is 16.1 Å². The summed E-state index contributed by atoms with van der Waals surface area (Å²) < 4.78 is 44.5. The van der Waals surface area contributed by atoms with Gasteiger partial charge in [-0.2, -0.15) is 13.2 Å². The van der Waals surface area contributed by atoms with Crippen LogP contribution in [0.4, 0.5) is 13.2 Å². The van der Waals surface area contributed by atoms with Crippen LogP contribution in [0.15, 0.2) is 46.9 Å². The van der Waals surface area contributed by atoms with Crippen LogP contribution < -0.4 is 4.74 Å². The second-order valence-corrected chi connectivity index (χ2v) is 5.12. The average molecular weight is 366 g/mol. The molecule has 0 fully saturated rings. The fourth-order valence-corrected chi connectivity index (χ4v) is 2.29. The second-order valence-electron chi connectivity index (χ2n) is 3.99. The van der Waals surface area contributed by atoms with Crippen molar-refractivity contribution in [3.63, 3.8) is 0 Å². The molecule has 0 aliphatic heterocycles. The van der Waals surface area contributed by atoms with Gasteiger partial charge >= 0.3 is 6.18 Å². The van der Waals surface area contributed by atoms with Crippen LogP contribution in [0.1, 0.15) is 11.1 Å². The first kappa shape index (κ1) is 15.2. The van der Waals surface area contributed by atoms with Crippen molar-refractivity contribution in [1.29, 1.82) is 0 Å². The molecule has 2 aromatic carbocycles. The molecule has 20 heavy (non-hydrogen) atoms. The Bertz CT molecular complexity index is 614. The van der Waals surface area contributed by atoms with Crippen LogP contribution in [-0.2, 0) is 12.1 Å². The van der Waals surface area contributed by atoms with Gasteiger partial charge in [0.25, 0.3) is 0 Å². The molecule has 0 aromatic heterocycles. The molecule has 0 atom stereocenters. The van der Waals surface area contributed by atoms with E-state index in [4.69, 9.17) is 16.3 Å². The zero-order valence-corrected chi connectivity index (χ0v) is 12.4. The first-order valence-electron chi connectivity index (χ1n) is 5.60. The van der Waals surface area contributed by atoms with Gasteiger partial charge in [-0.25, -0.2) is 0 Å². The highest BCUT2D eigenvalue weighted by Crippen LogP contribution is 2.39. The fraction of sp³-hybridized carbons (Fsp3) is 0.143. The summed E-state index contributed by atoms with van der Waals surface area (Å²) in [4.78, 5) is 0. The molecule has 0 amide bonds. The van der Waals surface area contributed by atoms with Crippen molar-refractivity contribution in [3.05, 3.63) is 58.1 Å². The molecule has 0 spiro atoms. The van der Waals surface area contributed by atoms with Gasteiger partial charge in [0.05, 0.1) is 10.0 Å². The SMILES string of the molecule is FC(F)(F)c1ccccc1Oc1ccc(CCl)cc1Br. The molecule has 1 nitrogen and oxygen atoms in total. The first-order valence-corrected chi connectivity index (χ1v) is 6.93. The normalized spacial score (nSPS) is 11.4. The Labute approximate surface area is 127 Å². The molecule has 106 valence electrons. The van der Waals surface area contributed by atoms with Crippen LogP contribution in [0.2, 0.25) is 0 Å². The van der Waals surface area contributed by atoms with Crippen molar-refractivity contribution in [2.45, 2.75) is 12.1 Å². The number of benzene rings is 2. The first-order chi connectivity index (χ1) is 9.41. The molecule has 0 heterocycles. The lowest BCUT2D eigenvalue weighted by Gasteiger charge is -2.14. The van der Waals surface area contributed by atoms with E-state index < -0.39 is 11.7 Å². The number of halogens is 5. The van der Waals surface area contributed by atoms with Gasteiger partial charge in [0, 0.05) is 5.88 Å². The molecule has 6 heteroatoms. The van der Waals surface area contributed by atoms with Crippen molar-refractivity contribution >= 4 is 27.5 Å². The molecule has 0 saturated heterocycles. The summed E-state index contributed by atoms with van der Waals surface area (Å²) in [6.07, 6.45) is -4.46. The Hall–Kier alpha value is -1.20. The molecule has 0 bridgehead atoms. The highest BCUT2D eigenvalue weighted by Gasteiger charge is 2.34. The van der Waals surface area contributed by atoms with Gasteiger partial charge in [-0.3, -0.25) is 0 Å². The van der Waals surface area contributed by atoms with Gasteiger partial charge < -0.3 is 4.74 Å². The number of ether oxygens (including phenoxy) is 1. The maximum absolute atomic E-state index is 12.9. The predicted molar refractivity (Wildman–Crippen MR) is 75.2 cm³/mol. The summed E-state index contributed by atoms with van der Waals surface area (Å²) in [6.45, 7) is 0. The molecular formula is C14H9BrClF3O. The predicted octanol–water partition coefficient (Wildman–Crippen LogP) is 6.00. The lowest BCUT2D eigenvalue weighted by atomic mass is 10.2. The van der Waals surface area contributed by atoms with E-state index in [2.05, 4.69) is 15.9 Å². The van der Waals surface area contributed by atoms with Crippen LogP contribution in [0.25, 0.3) is 0 Å². The minimum atomic E-state index is -4.46. The van der Waals surface area contributed by atoms with Gasteiger partial charge in [-0.15, -0.1) is 11.6 Å². The van der Waals surface area contributed by atoms with Crippen molar-refractivity contribution in [1.82, 2.24) is 0 Å². The molecule has 0 N–H and O–H groups in total.